The van der Waals surface area contributed by atoms with Crippen molar-refractivity contribution in [2.45, 2.75) is 70.4 Å². The van der Waals surface area contributed by atoms with E-state index in [0.29, 0.717) is 6.04 Å². The molecule has 1 N–H and O–H groups in total. The molecule has 20 heavy (non-hydrogen) atoms. The number of anilines is 1. The lowest BCUT2D eigenvalue weighted by molar-refractivity contribution is 0.417. The van der Waals surface area contributed by atoms with E-state index in [0.717, 1.165) is 12.6 Å². The second kappa shape index (κ2) is 6.44. The van der Waals surface area contributed by atoms with E-state index in [4.69, 9.17) is 4.98 Å². The summed E-state index contributed by atoms with van der Waals surface area (Å²) in [5.74, 6) is 0. The number of hydrogen-bond acceptors (Lipinski definition) is 4. The Labute approximate surface area is 126 Å². The monoisotopic (exact) mass is 293 g/mol. The fourth-order valence-electron chi connectivity index (χ4n) is 3.75. The smallest absolute Gasteiger partial charge is 0.186 e. The van der Waals surface area contributed by atoms with Gasteiger partial charge in [-0.2, -0.15) is 0 Å². The van der Waals surface area contributed by atoms with Crippen molar-refractivity contribution in [3.8, 4) is 0 Å². The van der Waals surface area contributed by atoms with Gasteiger partial charge in [-0.15, -0.1) is 11.3 Å². The summed E-state index contributed by atoms with van der Waals surface area (Å²) >= 11 is 1.96. The lowest BCUT2D eigenvalue weighted by atomic mass is 9.94. The molecule has 1 atom stereocenters. The van der Waals surface area contributed by atoms with Gasteiger partial charge in [-0.25, -0.2) is 4.98 Å². The minimum atomic E-state index is 0.480. The molecule has 1 heterocycles. The fraction of sp³-hybridized carbons (Fsp3) is 0.812. The Morgan fingerprint density at radius 2 is 2.00 bits per heavy atom. The van der Waals surface area contributed by atoms with Crippen molar-refractivity contribution in [2.75, 3.05) is 18.5 Å². The first-order valence-electron chi connectivity index (χ1n) is 8.27. The van der Waals surface area contributed by atoms with Crippen LogP contribution in [-0.2, 0) is 6.42 Å². The van der Waals surface area contributed by atoms with E-state index in [1.165, 1.54) is 67.1 Å². The summed E-state index contributed by atoms with van der Waals surface area (Å²) in [5.41, 5.74) is 1.34. The quantitative estimate of drug-likeness (QED) is 0.912. The van der Waals surface area contributed by atoms with Crippen LogP contribution in [-0.4, -0.2) is 24.6 Å². The molecule has 0 bridgehead atoms. The SMILES string of the molecule is CCN(c1nc2c(s1)CCCC2NC)C1CCCCC1. The van der Waals surface area contributed by atoms with Gasteiger partial charge in [0, 0.05) is 17.5 Å². The van der Waals surface area contributed by atoms with Crippen molar-refractivity contribution in [2.24, 2.45) is 0 Å². The zero-order valence-electron chi connectivity index (χ0n) is 12.8. The van der Waals surface area contributed by atoms with Crippen molar-refractivity contribution < 1.29 is 0 Å². The normalized spacial score (nSPS) is 23.6. The zero-order chi connectivity index (χ0) is 13.9. The highest BCUT2D eigenvalue weighted by molar-refractivity contribution is 7.15. The van der Waals surface area contributed by atoms with Crippen LogP contribution in [0.25, 0.3) is 0 Å². The molecule has 0 aliphatic heterocycles. The van der Waals surface area contributed by atoms with Crippen LogP contribution in [0.5, 0.6) is 0 Å². The molecule has 1 aromatic rings. The molecule has 112 valence electrons. The van der Waals surface area contributed by atoms with Crippen LogP contribution in [0.1, 0.15) is 68.5 Å². The van der Waals surface area contributed by atoms with Gasteiger partial charge in [0.25, 0.3) is 0 Å². The molecule has 2 aliphatic carbocycles. The van der Waals surface area contributed by atoms with Gasteiger partial charge in [-0.05, 0) is 46.1 Å². The Morgan fingerprint density at radius 1 is 1.20 bits per heavy atom. The van der Waals surface area contributed by atoms with Gasteiger partial charge in [0.15, 0.2) is 5.13 Å². The molecule has 3 nitrogen and oxygen atoms in total. The van der Waals surface area contributed by atoms with E-state index >= 15 is 0 Å². The van der Waals surface area contributed by atoms with Gasteiger partial charge >= 0.3 is 0 Å². The third kappa shape index (κ3) is 2.73. The summed E-state index contributed by atoms with van der Waals surface area (Å²) in [7, 11) is 2.07. The Morgan fingerprint density at radius 3 is 2.70 bits per heavy atom. The number of rotatable bonds is 4. The molecular formula is C16H27N3S. The van der Waals surface area contributed by atoms with Crippen LogP contribution in [0, 0.1) is 0 Å². The maximum atomic E-state index is 5.03. The summed E-state index contributed by atoms with van der Waals surface area (Å²) in [6, 6.07) is 1.21. The Hall–Kier alpha value is -0.610. The molecule has 0 aromatic carbocycles. The second-order valence-corrected chi connectivity index (χ2v) is 7.18. The van der Waals surface area contributed by atoms with Gasteiger partial charge < -0.3 is 10.2 Å². The Balaban J connectivity index is 1.83. The van der Waals surface area contributed by atoms with Gasteiger partial charge in [-0.3, -0.25) is 0 Å². The number of aryl methyl sites for hydroxylation is 1. The van der Waals surface area contributed by atoms with Crippen LogP contribution < -0.4 is 10.2 Å². The average molecular weight is 293 g/mol. The highest BCUT2D eigenvalue weighted by Gasteiger charge is 2.27. The molecule has 0 radical (unpaired) electrons. The molecule has 1 saturated carbocycles. The minimum absolute atomic E-state index is 0.480. The minimum Gasteiger partial charge on any atom is -0.345 e. The number of thiazole rings is 1. The van der Waals surface area contributed by atoms with E-state index in [1.807, 2.05) is 11.3 Å². The van der Waals surface area contributed by atoms with Crippen molar-refractivity contribution in [3.63, 3.8) is 0 Å². The molecule has 1 aromatic heterocycles. The molecule has 0 saturated heterocycles. The lowest BCUT2D eigenvalue weighted by Crippen LogP contribution is -2.36. The topological polar surface area (TPSA) is 28.2 Å². The molecular weight excluding hydrogens is 266 g/mol. The molecule has 0 spiro atoms. The van der Waals surface area contributed by atoms with Crippen molar-refractivity contribution in [1.29, 1.82) is 0 Å². The van der Waals surface area contributed by atoms with Crippen molar-refractivity contribution in [1.82, 2.24) is 10.3 Å². The van der Waals surface area contributed by atoms with Gasteiger partial charge in [0.1, 0.15) is 0 Å². The number of nitrogens with zero attached hydrogens (tertiary/aromatic N) is 2. The Bertz CT molecular complexity index is 437. The molecule has 4 heteroatoms. The highest BCUT2D eigenvalue weighted by atomic mass is 32.1. The summed E-state index contributed by atoms with van der Waals surface area (Å²) in [6.45, 7) is 3.38. The van der Waals surface area contributed by atoms with Crippen molar-refractivity contribution >= 4 is 16.5 Å². The van der Waals surface area contributed by atoms with Crippen LogP contribution in [0.2, 0.25) is 0 Å². The molecule has 1 unspecified atom stereocenters. The fourth-order valence-corrected chi connectivity index (χ4v) is 5.05. The van der Waals surface area contributed by atoms with Gasteiger partial charge in [-0.1, -0.05) is 19.3 Å². The molecule has 2 aliphatic rings. The predicted octanol–water partition coefficient (Wildman–Crippen LogP) is 3.90. The average Bonchev–Trinajstić information content (AvgIpc) is 2.92. The third-order valence-electron chi connectivity index (χ3n) is 4.89. The van der Waals surface area contributed by atoms with Crippen LogP contribution in [0.15, 0.2) is 0 Å². The summed E-state index contributed by atoms with van der Waals surface area (Å²) < 4.78 is 0. The molecule has 0 amide bonds. The van der Waals surface area contributed by atoms with E-state index < -0.39 is 0 Å². The third-order valence-corrected chi connectivity index (χ3v) is 6.06. The lowest BCUT2D eigenvalue weighted by Gasteiger charge is -2.33. The first-order chi connectivity index (χ1) is 9.83. The van der Waals surface area contributed by atoms with Crippen LogP contribution in [0.3, 0.4) is 0 Å². The molecule has 1 fully saturated rings. The summed E-state index contributed by atoms with van der Waals surface area (Å²) in [5, 5.41) is 4.72. The zero-order valence-corrected chi connectivity index (χ0v) is 13.6. The maximum absolute atomic E-state index is 5.03. The highest BCUT2D eigenvalue weighted by Crippen LogP contribution is 2.38. The number of aromatic nitrogens is 1. The number of hydrogen-bond donors (Lipinski definition) is 1. The van der Waals surface area contributed by atoms with Crippen LogP contribution in [0.4, 0.5) is 5.13 Å². The Kier molecular flexibility index (Phi) is 4.61. The van der Waals surface area contributed by atoms with Crippen molar-refractivity contribution in [3.05, 3.63) is 10.6 Å². The maximum Gasteiger partial charge on any atom is 0.186 e. The van der Waals surface area contributed by atoms with Crippen LogP contribution >= 0.6 is 11.3 Å². The predicted molar refractivity (Wildman–Crippen MR) is 86.7 cm³/mol. The van der Waals surface area contributed by atoms with E-state index in [2.05, 4.69) is 24.2 Å². The standard InChI is InChI=1S/C16H27N3S/c1-3-19(12-8-5-4-6-9-12)16-18-15-13(17-2)10-7-11-14(15)20-16/h12-13,17H,3-11H2,1-2H3. The van der Waals surface area contributed by atoms with Gasteiger partial charge in [0.05, 0.1) is 11.7 Å². The number of nitrogens with one attached hydrogen (secondary N) is 1. The molecule has 3 rings (SSSR count). The first kappa shape index (κ1) is 14.3. The van der Waals surface area contributed by atoms with E-state index in [-0.39, 0.29) is 0 Å². The second-order valence-electron chi connectivity index (χ2n) is 6.12. The first-order valence-corrected chi connectivity index (χ1v) is 9.08. The number of fused-ring (bicyclic) bond motifs is 1. The van der Waals surface area contributed by atoms with E-state index in [1.54, 1.807) is 0 Å². The summed E-state index contributed by atoms with van der Waals surface area (Å²) in [6.07, 6.45) is 10.7. The largest absolute Gasteiger partial charge is 0.345 e. The summed E-state index contributed by atoms with van der Waals surface area (Å²) in [4.78, 5) is 9.14. The van der Waals surface area contributed by atoms with Gasteiger partial charge in [0.2, 0.25) is 0 Å². The van der Waals surface area contributed by atoms with E-state index in [9.17, 15) is 0 Å².